The van der Waals surface area contributed by atoms with E-state index in [9.17, 15) is 39.6 Å². The van der Waals surface area contributed by atoms with Gasteiger partial charge in [-0.05, 0) is 0 Å². The van der Waals surface area contributed by atoms with E-state index in [0.717, 1.165) is 0 Å². The van der Waals surface area contributed by atoms with E-state index in [-0.39, 0.29) is 0 Å². The fourth-order valence-corrected chi connectivity index (χ4v) is 3.62. The van der Waals surface area contributed by atoms with Crippen LogP contribution in [0.15, 0.2) is 0 Å². The Morgan fingerprint density at radius 2 is 0.786 bits per heavy atom. The zero-order chi connectivity index (χ0) is 22.2. The summed E-state index contributed by atoms with van der Waals surface area (Å²) in [6, 6.07) is 0. The first kappa shape index (κ1) is 26.7. The molecule has 15 nitrogen and oxygen atoms in total. The molecule has 0 aromatic rings. The maximum absolute atomic E-state index is 11.5. The van der Waals surface area contributed by atoms with Crippen LogP contribution in [-0.2, 0) is 56.1 Å². The average molecular weight is 486 g/mol. The van der Waals surface area contributed by atoms with Crippen molar-refractivity contribution in [1.29, 1.82) is 0 Å². The van der Waals surface area contributed by atoms with E-state index in [1.807, 2.05) is 0 Å². The molecule has 28 heavy (non-hydrogen) atoms. The Bertz CT molecular complexity index is 768. The molecule has 0 spiro atoms. The topological polar surface area (TPSA) is 242 Å². The lowest BCUT2D eigenvalue weighted by Crippen LogP contribution is -2.36. The van der Waals surface area contributed by atoms with Gasteiger partial charge >= 0.3 is 15.1 Å². The fourth-order valence-electron chi connectivity index (χ4n) is 1.21. The largest absolute Gasteiger partial charge is 1.20 e. The van der Waals surface area contributed by atoms with E-state index in [4.69, 9.17) is 13.7 Å². The van der Waals surface area contributed by atoms with Gasteiger partial charge in [0.2, 0.25) is 0 Å². The minimum Gasteiger partial charge on any atom is -0.551 e. The van der Waals surface area contributed by atoms with E-state index < -0.39 is 99.9 Å². The monoisotopic (exact) mass is 486 g/mol. The summed E-state index contributed by atoms with van der Waals surface area (Å²) in [5.74, 6) is -7.33. The number of carbonyl (C=O) groups excluding carboxylic acids is 3. The van der Waals surface area contributed by atoms with Crippen molar-refractivity contribution in [3.8, 4) is 0 Å². The van der Waals surface area contributed by atoms with Gasteiger partial charge in [0.25, 0.3) is 48.3 Å². The summed E-state index contributed by atoms with van der Waals surface area (Å²) in [6.07, 6.45) is -2.77. The lowest BCUT2D eigenvalue weighted by molar-refractivity contribution is -0.147. The summed E-state index contributed by atoms with van der Waals surface area (Å²) in [6.45, 7) is 0. The van der Waals surface area contributed by atoms with Gasteiger partial charge in [-0.3, -0.25) is 28.0 Å². The third-order valence-corrected chi connectivity index (χ3v) is 5.90. The molecule has 0 saturated carbocycles. The molecule has 0 rings (SSSR count). The Kier molecular flexibility index (Phi) is 10.5. The van der Waals surface area contributed by atoms with E-state index in [1.54, 1.807) is 0 Å². The van der Waals surface area contributed by atoms with Crippen molar-refractivity contribution in [2.75, 3.05) is 17.3 Å². The molecule has 0 aliphatic rings. The molecule has 0 aliphatic carbocycles. The van der Waals surface area contributed by atoms with Crippen LogP contribution in [0.2, 0.25) is 0 Å². The van der Waals surface area contributed by atoms with Crippen molar-refractivity contribution in [2.45, 2.75) is 19.3 Å². The molecule has 0 saturated heterocycles. The summed E-state index contributed by atoms with van der Waals surface area (Å²) in [7, 11) is -13.6. The van der Waals surface area contributed by atoms with Gasteiger partial charge in [0.05, 0.1) is 36.5 Å². The Labute approximate surface area is 164 Å². The minimum absolute atomic E-state index is 0.923. The highest BCUT2D eigenvalue weighted by atomic mass is 32.2. The van der Waals surface area contributed by atoms with E-state index in [0.29, 0.717) is 0 Å². The zero-order valence-electron chi connectivity index (χ0n) is 13.8. The number of carbonyl (C=O) groups is 3. The predicted molar refractivity (Wildman–Crippen MR) is 87.1 cm³/mol. The Morgan fingerprint density at radius 3 is 0.964 bits per heavy atom. The third-order valence-electron chi connectivity index (χ3n) is 2.38. The molecule has 0 aromatic heterocycles. The summed E-state index contributed by atoms with van der Waals surface area (Å²) in [5.41, 5.74) is 0. The van der Waals surface area contributed by atoms with Gasteiger partial charge in [-0.25, -0.2) is 0 Å². The number of rotatable bonds is 12. The average Bonchev–Trinajstić information content (AvgIpc) is 2.47. The summed E-state index contributed by atoms with van der Waals surface area (Å²) in [4.78, 5) is 34.4. The third kappa shape index (κ3) is 16.8. The van der Waals surface area contributed by atoms with Gasteiger partial charge in [0.15, 0.2) is 0 Å². The van der Waals surface area contributed by atoms with Crippen LogP contribution in [0.1, 0.15) is 19.3 Å². The van der Waals surface area contributed by atoms with Crippen molar-refractivity contribution in [1.82, 2.24) is 0 Å². The van der Waals surface area contributed by atoms with Gasteiger partial charge in [-0.2, -0.15) is 25.3 Å². The molecule has 0 amide bonds. The van der Waals surface area contributed by atoms with Crippen LogP contribution < -0.4 is 0 Å². The van der Waals surface area contributed by atoms with Crippen LogP contribution in [-0.4, -0.2) is 89.2 Å². The van der Waals surface area contributed by atoms with E-state index in [1.165, 1.54) is 0 Å². The smallest absolute Gasteiger partial charge is 0.551 e. The zero-order valence-corrected chi connectivity index (χ0v) is 17.4. The molecule has 0 unspecified atom stereocenters. The van der Waals surface area contributed by atoms with Gasteiger partial charge in [0.1, 0.15) is 0 Å². The summed E-state index contributed by atoms with van der Waals surface area (Å²) < 4.78 is 102. The molecule has 0 bridgehead atoms. The maximum atomic E-state index is 11.5. The predicted octanol–water partition coefficient (Wildman–Crippen LogP) is -2.57. The van der Waals surface area contributed by atoms with Crippen molar-refractivity contribution >= 4 is 63.4 Å². The molecular weight excluding hydrogens is 471 g/mol. The Hall–Kier alpha value is -1.33. The SMILES string of the molecule is O=C(CCS(=O)(=O)O)[O][Al]([O]C(=O)CCS(=O)(=O)O)[O]C(=O)CCS(=O)(=O)O. The van der Waals surface area contributed by atoms with Crippen LogP contribution in [0, 0.1) is 0 Å². The Morgan fingerprint density at radius 1 is 0.571 bits per heavy atom. The lowest BCUT2D eigenvalue weighted by Gasteiger charge is -2.13. The van der Waals surface area contributed by atoms with E-state index in [2.05, 4.69) is 11.4 Å². The molecule has 0 atom stereocenters. The molecule has 0 aliphatic heterocycles. The Balaban J connectivity index is 4.96. The molecule has 19 heteroatoms. The van der Waals surface area contributed by atoms with Gasteiger partial charge in [-0.15, -0.1) is 0 Å². The van der Waals surface area contributed by atoms with Crippen molar-refractivity contribution in [3.63, 3.8) is 0 Å². The highest BCUT2D eigenvalue weighted by Gasteiger charge is 2.49. The second kappa shape index (κ2) is 11.0. The van der Waals surface area contributed by atoms with Crippen LogP contribution in [0.25, 0.3) is 0 Å². The normalized spacial score (nSPS) is 12.1. The van der Waals surface area contributed by atoms with Crippen LogP contribution in [0.3, 0.4) is 0 Å². The molecule has 0 heterocycles. The number of hydrogen-bond donors (Lipinski definition) is 3. The van der Waals surface area contributed by atoms with Crippen molar-refractivity contribution in [3.05, 3.63) is 0 Å². The number of hydrogen-bond acceptors (Lipinski definition) is 12. The molecule has 0 fully saturated rings. The van der Waals surface area contributed by atoms with Gasteiger partial charge in [-0.1, -0.05) is 0 Å². The summed E-state index contributed by atoms with van der Waals surface area (Å²) >= 11 is -4.04. The molecular formula is C9H15AlO15S3. The first-order chi connectivity index (χ1) is 12.5. The standard InChI is InChI=1S/3C3H6O5S.Al/c3*4-3(5)1-2-9(6,7)8;/h3*1-2H2,(H,4,5)(H,6,7,8);/q;;;+3/p-3. The first-order valence-corrected chi connectivity index (χ1v) is 13.1. The summed E-state index contributed by atoms with van der Waals surface area (Å²) in [5, 5.41) is 0. The molecule has 0 aromatic carbocycles. The van der Waals surface area contributed by atoms with Crippen molar-refractivity contribution < 1.29 is 64.7 Å². The minimum atomic E-state index is -4.54. The second-order valence-electron chi connectivity index (χ2n) is 4.87. The highest BCUT2D eigenvalue weighted by Crippen LogP contribution is 2.04. The molecule has 3 N–H and O–H groups in total. The fraction of sp³-hybridized carbons (Fsp3) is 0.667. The molecule has 0 radical (unpaired) electrons. The second-order valence-corrected chi connectivity index (χ2v) is 10.9. The van der Waals surface area contributed by atoms with Crippen LogP contribution in [0.4, 0.5) is 0 Å². The van der Waals surface area contributed by atoms with Crippen LogP contribution >= 0.6 is 0 Å². The quantitative estimate of drug-likeness (QED) is 0.190. The van der Waals surface area contributed by atoms with Gasteiger partial charge in [0, 0.05) is 0 Å². The van der Waals surface area contributed by atoms with Crippen LogP contribution in [0.5, 0.6) is 0 Å². The first-order valence-electron chi connectivity index (χ1n) is 6.91. The highest BCUT2D eigenvalue weighted by molar-refractivity contribution is 7.86. The molecule has 162 valence electrons. The van der Waals surface area contributed by atoms with Gasteiger partial charge < -0.3 is 11.4 Å². The lowest BCUT2D eigenvalue weighted by atomic mass is 10.5. The maximum Gasteiger partial charge on any atom is 1.20 e. The van der Waals surface area contributed by atoms with E-state index >= 15 is 0 Å². The van der Waals surface area contributed by atoms with Crippen molar-refractivity contribution in [2.24, 2.45) is 0 Å².